The lowest BCUT2D eigenvalue weighted by Gasteiger charge is -2.10. The van der Waals surface area contributed by atoms with Gasteiger partial charge in [0.15, 0.2) is 0 Å². The third kappa shape index (κ3) is 6.14. The Hall–Kier alpha value is -3.35. The fourth-order valence-electron chi connectivity index (χ4n) is 2.41. The lowest BCUT2D eigenvalue weighted by Crippen LogP contribution is -2.26. The number of benzene rings is 2. The summed E-state index contributed by atoms with van der Waals surface area (Å²) in [6.07, 6.45) is -0.156. The first-order valence-electron chi connectivity index (χ1n) is 8.42. The highest BCUT2D eigenvalue weighted by Gasteiger charge is 2.10. The molecule has 2 rings (SSSR count). The first-order chi connectivity index (χ1) is 12.9. The number of methoxy groups -OCH3 is 1. The Bertz CT molecular complexity index is 845. The molecule has 1 amide bonds. The lowest BCUT2D eigenvalue weighted by molar-refractivity contribution is -0.136. The summed E-state index contributed by atoms with van der Waals surface area (Å²) >= 11 is 0. The summed E-state index contributed by atoms with van der Waals surface area (Å²) in [6.45, 7) is 3.82. The highest BCUT2D eigenvalue weighted by molar-refractivity contribution is 5.99. The Kier molecular flexibility index (Phi) is 6.93. The minimum absolute atomic E-state index is 0.0900. The summed E-state index contributed by atoms with van der Waals surface area (Å²) in [6, 6.07) is 12.9. The van der Waals surface area contributed by atoms with E-state index < -0.39 is 5.97 Å². The van der Waals surface area contributed by atoms with Gasteiger partial charge in [0.1, 0.15) is 5.75 Å². The molecule has 0 saturated carbocycles. The summed E-state index contributed by atoms with van der Waals surface area (Å²) in [5.74, 6) is -0.731. The number of hydrogen-bond donors (Lipinski definition) is 3. The molecular formula is C20H23N3O4. The standard InChI is InChI=1S/C20H23N3O4/c1-13-4-7-17(8-5-13)21-12-19(24)23-22-14(2)15-6-9-18(27-3)16(10-15)11-20(25)26/h4-10,21H,11-12H2,1-3H3,(H,23,24)(H,25,26)/b22-14-. The van der Waals surface area contributed by atoms with Crippen LogP contribution >= 0.6 is 0 Å². The van der Waals surface area contributed by atoms with Crippen LogP contribution < -0.4 is 15.5 Å². The maximum absolute atomic E-state index is 12.0. The minimum atomic E-state index is -0.949. The number of anilines is 1. The highest BCUT2D eigenvalue weighted by Crippen LogP contribution is 2.21. The SMILES string of the molecule is COc1ccc(/C(C)=N\NC(=O)CNc2ccc(C)cc2)cc1CC(=O)O. The van der Waals surface area contributed by atoms with Gasteiger partial charge in [-0.25, -0.2) is 5.43 Å². The van der Waals surface area contributed by atoms with E-state index in [-0.39, 0.29) is 18.9 Å². The number of aryl methyl sites for hydroxylation is 1. The van der Waals surface area contributed by atoms with E-state index in [4.69, 9.17) is 9.84 Å². The maximum Gasteiger partial charge on any atom is 0.307 e. The van der Waals surface area contributed by atoms with Crippen molar-refractivity contribution in [3.05, 3.63) is 59.2 Å². The number of ether oxygens (including phenoxy) is 1. The van der Waals surface area contributed by atoms with Crippen LogP contribution in [0.4, 0.5) is 5.69 Å². The van der Waals surface area contributed by atoms with Crippen molar-refractivity contribution in [2.45, 2.75) is 20.3 Å². The highest BCUT2D eigenvalue weighted by atomic mass is 16.5. The second-order valence-electron chi connectivity index (χ2n) is 6.05. The van der Waals surface area contributed by atoms with Crippen LogP contribution in [0, 0.1) is 6.92 Å². The van der Waals surface area contributed by atoms with Crippen molar-refractivity contribution in [3.8, 4) is 5.75 Å². The molecule has 7 heteroatoms. The lowest BCUT2D eigenvalue weighted by atomic mass is 10.0. The molecule has 0 unspecified atom stereocenters. The molecule has 2 aromatic carbocycles. The Morgan fingerprint density at radius 2 is 1.85 bits per heavy atom. The van der Waals surface area contributed by atoms with Gasteiger partial charge in [-0.3, -0.25) is 9.59 Å². The van der Waals surface area contributed by atoms with E-state index in [0.29, 0.717) is 22.6 Å². The third-order valence-corrected chi connectivity index (χ3v) is 3.89. The monoisotopic (exact) mass is 369 g/mol. The summed E-state index contributed by atoms with van der Waals surface area (Å²) in [5.41, 5.74) is 6.30. The number of hydrazone groups is 1. The summed E-state index contributed by atoms with van der Waals surface area (Å²) in [4.78, 5) is 22.9. The predicted molar refractivity (Wildman–Crippen MR) is 104 cm³/mol. The molecule has 0 aliphatic heterocycles. The van der Waals surface area contributed by atoms with Crippen molar-refractivity contribution in [1.82, 2.24) is 5.43 Å². The zero-order valence-electron chi connectivity index (χ0n) is 15.6. The van der Waals surface area contributed by atoms with Gasteiger partial charge >= 0.3 is 5.97 Å². The first kappa shape index (κ1) is 20.0. The quantitative estimate of drug-likeness (QED) is 0.491. The number of rotatable bonds is 8. The van der Waals surface area contributed by atoms with Crippen LogP contribution in [0.2, 0.25) is 0 Å². The third-order valence-electron chi connectivity index (χ3n) is 3.89. The number of carboxylic acids is 1. The average molecular weight is 369 g/mol. The molecule has 0 fully saturated rings. The molecule has 27 heavy (non-hydrogen) atoms. The summed E-state index contributed by atoms with van der Waals surface area (Å²) in [5, 5.41) is 16.1. The number of carbonyl (C=O) groups excluding carboxylic acids is 1. The van der Waals surface area contributed by atoms with Crippen molar-refractivity contribution >= 4 is 23.3 Å². The minimum Gasteiger partial charge on any atom is -0.496 e. The summed E-state index contributed by atoms with van der Waals surface area (Å²) in [7, 11) is 1.49. The number of carboxylic acid groups (broad SMARTS) is 1. The van der Waals surface area contributed by atoms with Gasteiger partial charge in [-0.2, -0.15) is 5.10 Å². The van der Waals surface area contributed by atoms with Crippen LogP contribution in [0.1, 0.15) is 23.6 Å². The number of nitrogens with one attached hydrogen (secondary N) is 2. The van der Waals surface area contributed by atoms with Crippen LogP contribution in [-0.4, -0.2) is 36.3 Å². The Balaban J connectivity index is 1.98. The number of nitrogens with zero attached hydrogens (tertiary/aromatic N) is 1. The van der Waals surface area contributed by atoms with Gasteiger partial charge in [-0.05, 0) is 49.7 Å². The van der Waals surface area contributed by atoms with Crippen LogP contribution in [0.3, 0.4) is 0 Å². The normalized spacial score (nSPS) is 11.0. The maximum atomic E-state index is 12.0. The number of aliphatic carboxylic acids is 1. The molecule has 0 radical (unpaired) electrons. The molecule has 0 atom stereocenters. The van der Waals surface area contributed by atoms with Crippen molar-refractivity contribution in [3.63, 3.8) is 0 Å². The fourth-order valence-corrected chi connectivity index (χ4v) is 2.41. The molecule has 0 aliphatic rings. The van der Waals surface area contributed by atoms with E-state index in [9.17, 15) is 9.59 Å². The van der Waals surface area contributed by atoms with Crippen LogP contribution in [0.5, 0.6) is 5.75 Å². The van der Waals surface area contributed by atoms with Crippen molar-refractivity contribution in [2.75, 3.05) is 19.0 Å². The molecule has 3 N–H and O–H groups in total. The molecule has 0 bridgehead atoms. The van der Waals surface area contributed by atoms with Crippen molar-refractivity contribution in [2.24, 2.45) is 5.10 Å². The van der Waals surface area contributed by atoms with Gasteiger partial charge in [-0.1, -0.05) is 17.7 Å². The largest absolute Gasteiger partial charge is 0.496 e. The van der Waals surface area contributed by atoms with Crippen molar-refractivity contribution < 1.29 is 19.4 Å². The summed E-state index contributed by atoms with van der Waals surface area (Å²) < 4.78 is 5.18. The van der Waals surface area contributed by atoms with E-state index in [2.05, 4.69) is 15.8 Å². The van der Waals surface area contributed by atoms with E-state index >= 15 is 0 Å². The molecule has 0 spiro atoms. The number of amides is 1. The molecule has 2 aromatic rings. The molecule has 0 heterocycles. The molecule has 7 nitrogen and oxygen atoms in total. The van der Waals surface area contributed by atoms with E-state index in [1.54, 1.807) is 25.1 Å². The molecule has 0 saturated heterocycles. The van der Waals surface area contributed by atoms with Crippen LogP contribution in [0.25, 0.3) is 0 Å². The van der Waals surface area contributed by atoms with Gasteiger partial charge in [0.05, 0.1) is 25.8 Å². The van der Waals surface area contributed by atoms with Gasteiger partial charge in [0.2, 0.25) is 0 Å². The Morgan fingerprint density at radius 3 is 2.48 bits per heavy atom. The number of carbonyl (C=O) groups is 2. The zero-order chi connectivity index (χ0) is 19.8. The van der Waals surface area contributed by atoms with E-state index in [1.807, 2.05) is 31.2 Å². The van der Waals surface area contributed by atoms with Crippen LogP contribution in [0.15, 0.2) is 47.6 Å². The Labute approximate surface area is 158 Å². The van der Waals surface area contributed by atoms with E-state index in [1.165, 1.54) is 7.11 Å². The molecule has 0 aliphatic carbocycles. The van der Waals surface area contributed by atoms with Crippen LogP contribution in [-0.2, 0) is 16.0 Å². The topological polar surface area (TPSA) is 100 Å². The fraction of sp³-hybridized carbons (Fsp3) is 0.250. The second kappa shape index (κ2) is 9.38. The van der Waals surface area contributed by atoms with Gasteiger partial charge in [0, 0.05) is 11.3 Å². The Morgan fingerprint density at radius 1 is 1.15 bits per heavy atom. The number of hydrogen-bond acceptors (Lipinski definition) is 5. The molecule has 0 aromatic heterocycles. The molecule has 142 valence electrons. The second-order valence-corrected chi connectivity index (χ2v) is 6.05. The zero-order valence-corrected chi connectivity index (χ0v) is 15.6. The smallest absolute Gasteiger partial charge is 0.307 e. The van der Waals surface area contributed by atoms with Crippen molar-refractivity contribution in [1.29, 1.82) is 0 Å². The predicted octanol–water partition coefficient (Wildman–Crippen LogP) is 2.58. The average Bonchev–Trinajstić information content (AvgIpc) is 2.65. The van der Waals surface area contributed by atoms with E-state index in [0.717, 1.165) is 11.3 Å². The van der Waals surface area contributed by atoms with Gasteiger partial charge < -0.3 is 15.2 Å². The van der Waals surface area contributed by atoms with Gasteiger partial charge in [0.25, 0.3) is 5.91 Å². The van der Waals surface area contributed by atoms with Gasteiger partial charge in [-0.15, -0.1) is 0 Å². The molecular weight excluding hydrogens is 346 g/mol. The first-order valence-corrected chi connectivity index (χ1v) is 8.42.